The fourth-order valence-corrected chi connectivity index (χ4v) is 10.5. The van der Waals surface area contributed by atoms with Gasteiger partial charge in [0.2, 0.25) is 0 Å². The molecule has 9 rings (SSSR count). The number of unbranched alkanes of at least 4 members (excludes halogenated alkanes) is 1. The Morgan fingerprint density at radius 3 is 1.92 bits per heavy atom. The van der Waals surface area contributed by atoms with E-state index in [-0.39, 0.29) is 0 Å². The quantitative estimate of drug-likeness (QED) is 0.138. The molecule has 9 aromatic rings. The minimum absolute atomic E-state index is 0.751. The standard InChI is InChI=1S/C48H41NS2/c1-3-5-13-32(4-2)30-33-24-29-40-42-20-12-22-44(48(42)51-46(40)31-33)49(43-21-11-19-41-39-17-8-9-23-45(39)50-47(41)43)36-27-25-35(26-28-36)38-18-10-15-34-14-6-7-16-37(34)38/h6-12,14-29,31-32H,3-5,13,30H2,1-2H3. The molecule has 0 bridgehead atoms. The van der Waals surface area contributed by atoms with Gasteiger partial charge in [-0.2, -0.15) is 0 Å². The maximum atomic E-state index is 2.51. The predicted molar refractivity (Wildman–Crippen MR) is 227 cm³/mol. The summed E-state index contributed by atoms with van der Waals surface area (Å²) in [5.74, 6) is 0.751. The Balaban J connectivity index is 1.21. The normalized spacial score (nSPS) is 12.4. The third kappa shape index (κ3) is 5.79. The van der Waals surface area contributed by atoms with E-state index < -0.39 is 0 Å². The molecule has 3 heteroatoms. The van der Waals surface area contributed by atoms with Gasteiger partial charge in [0.05, 0.1) is 20.8 Å². The maximum absolute atomic E-state index is 2.51. The number of hydrogen-bond donors (Lipinski definition) is 0. The third-order valence-corrected chi connectivity index (χ3v) is 13.1. The fraction of sp³-hybridized carbons (Fsp3) is 0.167. The van der Waals surface area contributed by atoms with E-state index in [9.17, 15) is 0 Å². The van der Waals surface area contributed by atoms with Crippen LogP contribution in [-0.4, -0.2) is 0 Å². The Kier molecular flexibility index (Phi) is 8.55. The first kappa shape index (κ1) is 32.0. The molecule has 0 aliphatic rings. The largest absolute Gasteiger partial charge is 0.308 e. The number of hydrogen-bond acceptors (Lipinski definition) is 3. The van der Waals surface area contributed by atoms with E-state index in [1.165, 1.54) is 105 Å². The molecule has 0 saturated heterocycles. The Hall–Kier alpha value is -4.96. The van der Waals surface area contributed by atoms with Crippen LogP contribution < -0.4 is 4.90 Å². The van der Waals surface area contributed by atoms with E-state index in [0.717, 1.165) is 18.0 Å². The van der Waals surface area contributed by atoms with Crippen LogP contribution in [0, 0.1) is 5.92 Å². The molecule has 51 heavy (non-hydrogen) atoms. The van der Waals surface area contributed by atoms with Crippen LogP contribution in [0.2, 0.25) is 0 Å². The van der Waals surface area contributed by atoms with Crippen molar-refractivity contribution >= 4 is 90.9 Å². The van der Waals surface area contributed by atoms with Crippen molar-refractivity contribution in [3.05, 3.63) is 151 Å². The van der Waals surface area contributed by atoms with Crippen LogP contribution in [0.25, 0.3) is 62.2 Å². The summed E-state index contributed by atoms with van der Waals surface area (Å²) in [5, 5.41) is 7.87. The van der Waals surface area contributed by atoms with Gasteiger partial charge in [-0.05, 0) is 76.2 Å². The van der Waals surface area contributed by atoms with Crippen molar-refractivity contribution in [1.29, 1.82) is 0 Å². The lowest BCUT2D eigenvalue weighted by molar-refractivity contribution is 0.449. The molecule has 0 N–H and O–H groups in total. The molecule has 1 unspecified atom stereocenters. The summed E-state index contributed by atoms with van der Waals surface area (Å²) in [5.41, 5.74) is 7.57. The minimum atomic E-state index is 0.751. The SMILES string of the molecule is CCCCC(CC)Cc1ccc2c(c1)sc1c(N(c3ccc(-c4cccc5ccccc45)cc3)c3cccc4c3sc3ccccc34)cccc12. The summed E-state index contributed by atoms with van der Waals surface area (Å²) in [4.78, 5) is 2.51. The highest BCUT2D eigenvalue weighted by atomic mass is 32.1. The lowest BCUT2D eigenvalue weighted by atomic mass is 9.92. The van der Waals surface area contributed by atoms with Crippen LogP contribution in [0.5, 0.6) is 0 Å². The Bertz CT molecular complexity index is 2650. The van der Waals surface area contributed by atoms with Crippen molar-refractivity contribution in [1.82, 2.24) is 0 Å². The van der Waals surface area contributed by atoms with Gasteiger partial charge in [0, 0.05) is 36.6 Å². The van der Waals surface area contributed by atoms with Crippen molar-refractivity contribution in [3.63, 3.8) is 0 Å². The topological polar surface area (TPSA) is 3.24 Å². The number of fused-ring (bicyclic) bond motifs is 7. The van der Waals surface area contributed by atoms with Gasteiger partial charge in [-0.15, -0.1) is 22.7 Å². The average molecular weight is 696 g/mol. The van der Waals surface area contributed by atoms with E-state index in [4.69, 9.17) is 0 Å². The number of rotatable bonds is 10. The summed E-state index contributed by atoms with van der Waals surface area (Å²) in [6.07, 6.45) is 6.31. The fourth-order valence-electron chi connectivity index (χ4n) is 7.99. The molecule has 0 amide bonds. The molecule has 0 radical (unpaired) electrons. The van der Waals surface area contributed by atoms with Crippen LogP contribution in [0.15, 0.2) is 146 Å². The molecule has 0 aliphatic carbocycles. The first-order valence-electron chi connectivity index (χ1n) is 18.4. The van der Waals surface area contributed by atoms with Crippen LogP contribution in [0.4, 0.5) is 17.1 Å². The van der Waals surface area contributed by atoms with Gasteiger partial charge >= 0.3 is 0 Å². The number of nitrogens with zero attached hydrogens (tertiary/aromatic N) is 1. The molecule has 1 atom stereocenters. The van der Waals surface area contributed by atoms with Crippen molar-refractivity contribution in [2.24, 2.45) is 5.92 Å². The minimum Gasteiger partial charge on any atom is -0.308 e. The molecular weight excluding hydrogens is 655 g/mol. The second-order valence-corrected chi connectivity index (χ2v) is 16.0. The van der Waals surface area contributed by atoms with Crippen LogP contribution in [0.1, 0.15) is 45.1 Å². The number of anilines is 3. The molecule has 2 aromatic heterocycles. The van der Waals surface area contributed by atoms with Crippen LogP contribution in [0.3, 0.4) is 0 Å². The van der Waals surface area contributed by atoms with E-state index in [2.05, 4.69) is 164 Å². The third-order valence-electron chi connectivity index (χ3n) is 10.7. The van der Waals surface area contributed by atoms with E-state index in [1.807, 2.05) is 22.7 Å². The second kappa shape index (κ2) is 13.6. The summed E-state index contributed by atoms with van der Waals surface area (Å²) in [6, 6.07) is 54.3. The summed E-state index contributed by atoms with van der Waals surface area (Å²) >= 11 is 3.84. The lowest BCUT2D eigenvalue weighted by Crippen LogP contribution is -2.10. The van der Waals surface area contributed by atoms with Crippen molar-refractivity contribution < 1.29 is 0 Å². The van der Waals surface area contributed by atoms with Crippen LogP contribution in [-0.2, 0) is 6.42 Å². The summed E-state index contributed by atoms with van der Waals surface area (Å²) < 4.78 is 5.35. The molecule has 0 saturated carbocycles. The molecule has 0 spiro atoms. The van der Waals surface area contributed by atoms with Crippen LogP contribution >= 0.6 is 22.7 Å². The molecule has 0 fully saturated rings. The van der Waals surface area contributed by atoms with Gasteiger partial charge in [0.25, 0.3) is 0 Å². The van der Waals surface area contributed by atoms with E-state index >= 15 is 0 Å². The van der Waals surface area contributed by atoms with Gasteiger partial charge < -0.3 is 4.90 Å². The lowest BCUT2D eigenvalue weighted by Gasteiger charge is -2.27. The average Bonchev–Trinajstić information content (AvgIpc) is 3.76. The van der Waals surface area contributed by atoms with E-state index in [0.29, 0.717) is 0 Å². The molecule has 250 valence electrons. The zero-order valence-electron chi connectivity index (χ0n) is 29.2. The van der Waals surface area contributed by atoms with Gasteiger partial charge in [0.15, 0.2) is 0 Å². The van der Waals surface area contributed by atoms with Gasteiger partial charge in [-0.1, -0.05) is 149 Å². The first-order chi connectivity index (χ1) is 25.2. The maximum Gasteiger partial charge on any atom is 0.0640 e. The monoisotopic (exact) mass is 695 g/mol. The van der Waals surface area contributed by atoms with Crippen molar-refractivity contribution in [3.8, 4) is 11.1 Å². The van der Waals surface area contributed by atoms with Gasteiger partial charge in [-0.25, -0.2) is 0 Å². The predicted octanol–water partition coefficient (Wildman–Crippen LogP) is 15.5. The van der Waals surface area contributed by atoms with Gasteiger partial charge in [0.1, 0.15) is 0 Å². The Morgan fingerprint density at radius 2 is 1.18 bits per heavy atom. The molecule has 1 nitrogen and oxygen atoms in total. The van der Waals surface area contributed by atoms with Crippen molar-refractivity contribution in [2.45, 2.75) is 46.0 Å². The van der Waals surface area contributed by atoms with Gasteiger partial charge in [-0.3, -0.25) is 0 Å². The summed E-state index contributed by atoms with van der Waals surface area (Å²) in [7, 11) is 0. The molecule has 7 aromatic carbocycles. The highest BCUT2D eigenvalue weighted by molar-refractivity contribution is 7.27. The second-order valence-electron chi connectivity index (χ2n) is 13.9. The number of thiophene rings is 2. The van der Waals surface area contributed by atoms with E-state index in [1.54, 1.807) is 0 Å². The smallest absolute Gasteiger partial charge is 0.0640 e. The zero-order chi connectivity index (χ0) is 34.3. The summed E-state index contributed by atoms with van der Waals surface area (Å²) in [6.45, 7) is 4.66. The van der Waals surface area contributed by atoms with Crippen molar-refractivity contribution in [2.75, 3.05) is 4.90 Å². The Labute approximate surface area is 308 Å². The Morgan fingerprint density at radius 1 is 0.549 bits per heavy atom. The first-order valence-corrected chi connectivity index (χ1v) is 20.1. The molecule has 0 aliphatic heterocycles. The highest BCUT2D eigenvalue weighted by Crippen LogP contribution is 2.49. The highest BCUT2D eigenvalue weighted by Gasteiger charge is 2.22. The zero-order valence-corrected chi connectivity index (χ0v) is 30.9. The molecule has 2 heterocycles. The molecular formula is C48H41NS2. The number of benzene rings is 7.